The molecule has 0 atom stereocenters. The third-order valence-electron chi connectivity index (χ3n) is 4.14. The van der Waals surface area contributed by atoms with Gasteiger partial charge in [0.05, 0.1) is 11.9 Å². The van der Waals surface area contributed by atoms with Crippen molar-refractivity contribution < 1.29 is 19.1 Å². The van der Waals surface area contributed by atoms with Gasteiger partial charge >= 0.3 is 5.97 Å². The Morgan fingerprint density at radius 1 is 1.31 bits per heavy atom. The normalized spacial score (nSPS) is 14.1. The van der Waals surface area contributed by atoms with E-state index in [1.54, 1.807) is 23.0 Å². The van der Waals surface area contributed by atoms with Crippen LogP contribution in [0.1, 0.15) is 48.7 Å². The third-order valence-corrected chi connectivity index (χ3v) is 4.14. The second-order valence-electron chi connectivity index (χ2n) is 6.32. The van der Waals surface area contributed by atoms with Gasteiger partial charge in [0.1, 0.15) is 5.56 Å². The molecule has 0 aromatic carbocycles. The lowest BCUT2D eigenvalue weighted by Gasteiger charge is -2.14. The number of amides is 2. The third kappa shape index (κ3) is 3.49. The van der Waals surface area contributed by atoms with Gasteiger partial charge < -0.3 is 4.74 Å². The molecule has 0 saturated carbocycles. The van der Waals surface area contributed by atoms with Crippen molar-refractivity contribution in [3.8, 4) is 5.82 Å². The summed E-state index contributed by atoms with van der Waals surface area (Å²) in [7, 11) is 0. The summed E-state index contributed by atoms with van der Waals surface area (Å²) in [4.78, 5) is 41.5. The molecular weight excluding hydrogens is 336 g/mol. The van der Waals surface area contributed by atoms with E-state index >= 15 is 0 Å². The van der Waals surface area contributed by atoms with Crippen LogP contribution in [0.5, 0.6) is 0 Å². The van der Waals surface area contributed by atoms with Crippen LogP contribution in [0.3, 0.4) is 0 Å². The van der Waals surface area contributed by atoms with Crippen LogP contribution in [0, 0.1) is 0 Å². The van der Waals surface area contributed by atoms with Crippen LogP contribution < -0.4 is 0 Å². The minimum Gasteiger partial charge on any atom is -0.452 e. The highest BCUT2D eigenvalue weighted by Gasteiger charge is 2.28. The van der Waals surface area contributed by atoms with Crippen LogP contribution in [-0.4, -0.2) is 50.6 Å². The topological polar surface area (TPSA) is 94.4 Å². The quantitative estimate of drug-likeness (QED) is 0.757. The molecule has 3 heterocycles. The fourth-order valence-corrected chi connectivity index (χ4v) is 2.93. The molecule has 0 aliphatic carbocycles. The molecule has 2 amide bonds. The highest BCUT2D eigenvalue weighted by atomic mass is 16.5. The van der Waals surface area contributed by atoms with Crippen molar-refractivity contribution in [3.63, 3.8) is 0 Å². The van der Waals surface area contributed by atoms with Crippen LogP contribution >= 0.6 is 0 Å². The number of likely N-dealkylation sites (tertiary alicyclic amines) is 1. The largest absolute Gasteiger partial charge is 0.452 e. The van der Waals surface area contributed by atoms with Gasteiger partial charge in [0.2, 0.25) is 5.91 Å². The number of rotatable bonds is 5. The van der Waals surface area contributed by atoms with Crippen molar-refractivity contribution in [1.82, 2.24) is 19.7 Å². The molecule has 3 rings (SSSR count). The van der Waals surface area contributed by atoms with Gasteiger partial charge in [-0.05, 0) is 24.5 Å². The lowest BCUT2D eigenvalue weighted by atomic mass is 10.1. The van der Waals surface area contributed by atoms with E-state index in [2.05, 4.69) is 10.1 Å². The Morgan fingerprint density at radius 3 is 2.73 bits per heavy atom. The molecule has 0 spiro atoms. The first-order chi connectivity index (χ1) is 12.5. The smallest absolute Gasteiger partial charge is 0.342 e. The Morgan fingerprint density at radius 2 is 2.12 bits per heavy atom. The zero-order chi connectivity index (χ0) is 18.7. The molecule has 1 fully saturated rings. The van der Waals surface area contributed by atoms with E-state index in [0.29, 0.717) is 30.9 Å². The summed E-state index contributed by atoms with van der Waals surface area (Å²) in [6, 6.07) is 5.41. The minimum atomic E-state index is -0.643. The lowest BCUT2D eigenvalue weighted by Crippen LogP contribution is -2.35. The van der Waals surface area contributed by atoms with E-state index in [-0.39, 0.29) is 17.4 Å². The van der Waals surface area contributed by atoms with Gasteiger partial charge in [0, 0.05) is 19.2 Å². The molecule has 136 valence electrons. The number of ether oxygens (including phenoxy) is 1. The van der Waals surface area contributed by atoms with E-state index in [0.717, 1.165) is 4.90 Å². The summed E-state index contributed by atoms with van der Waals surface area (Å²) in [5.74, 6) is -0.788. The number of hydrogen-bond acceptors (Lipinski definition) is 6. The van der Waals surface area contributed by atoms with Crippen LogP contribution in [0.2, 0.25) is 0 Å². The number of carbonyl (C=O) groups is 3. The van der Waals surface area contributed by atoms with Crippen molar-refractivity contribution in [2.24, 2.45) is 0 Å². The average molecular weight is 356 g/mol. The summed E-state index contributed by atoms with van der Waals surface area (Å²) in [5, 5.41) is 4.25. The number of carbonyl (C=O) groups excluding carboxylic acids is 3. The van der Waals surface area contributed by atoms with Crippen LogP contribution in [0.4, 0.5) is 0 Å². The summed E-state index contributed by atoms with van der Waals surface area (Å²) in [6.07, 6.45) is 4.06. The van der Waals surface area contributed by atoms with Crippen molar-refractivity contribution >= 4 is 17.8 Å². The van der Waals surface area contributed by atoms with Crippen LogP contribution in [0.25, 0.3) is 5.82 Å². The molecule has 2 aromatic rings. The van der Waals surface area contributed by atoms with Gasteiger partial charge in [-0.25, -0.2) is 14.5 Å². The monoisotopic (exact) mass is 356 g/mol. The van der Waals surface area contributed by atoms with E-state index in [1.165, 1.54) is 6.20 Å². The molecule has 1 saturated heterocycles. The molecule has 2 aromatic heterocycles. The maximum Gasteiger partial charge on any atom is 0.342 e. The Hall–Kier alpha value is -3.03. The first kappa shape index (κ1) is 17.8. The Balaban J connectivity index is 1.76. The lowest BCUT2D eigenvalue weighted by molar-refractivity contribution is -0.143. The molecule has 0 radical (unpaired) electrons. The Labute approximate surface area is 150 Å². The molecule has 8 heteroatoms. The first-order valence-corrected chi connectivity index (χ1v) is 8.48. The van der Waals surface area contributed by atoms with Gasteiger partial charge in [0.15, 0.2) is 12.4 Å². The van der Waals surface area contributed by atoms with Gasteiger partial charge in [-0.15, -0.1) is 0 Å². The van der Waals surface area contributed by atoms with Crippen molar-refractivity contribution in [2.75, 3.05) is 13.2 Å². The average Bonchev–Trinajstić information content (AvgIpc) is 3.26. The number of nitrogens with zero attached hydrogens (tertiary/aromatic N) is 4. The van der Waals surface area contributed by atoms with Crippen molar-refractivity contribution in [1.29, 1.82) is 0 Å². The molecule has 26 heavy (non-hydrogen) atoms. The highest BCUT2D eigenvalue weighted by Crippen LogP contribution is 2.23. The molecular formula is C18H20N4O4. The summed E-state index contributed by atoms with van der Waals surface area (Å²) < 4.78 is 6.72. The predicted molar refractivity (Wildman–Crippen MR) is 91.7 cm³/mol. The van der Waals surface area contributed by atoms with Gasteiger partial charge in [-0.2, -0.15) is 5.10 Å². The zero-order valence-corrected chi connectivity index (χ0v) is 14.7. The standard InChI is InChI=1S/C18H20N4O4/c1-12(2)17-13(10-20-22(17)14-6-3-4-8-19-14)18(25)26-11-16(24)21-9-5-7-15(21)23/h3-4,6,8,10,12H,5,7,9,11H2,1-2H3. The van der Waals surface area contributed by atoms with E-state index in [4.69, 9.17) is 4.74 Å². The van der Waals surface area contributed by atoms with E-state index in [1.807, 2.05) is 19.9 Å². The number of aromatic nitrogens is 3. The summed E-state index contributed by atoms with van der Waals surface area (Å²) in [6.45, 7) is 3.78. The van der Waals surface area contributed by atoms with Gasteiger partial charge in [-0.1, -0.05) is 19.9 Å². The minimum absolute atomic E-state index is 0.0158. The van der Waals surface area contributed by atoms with Crippen molar-refractivity contribution in [2.45, 2.75) is 32.6 Å². The molecule has 0 unspecified atom stereocenters. The first-order valence-electron chi connectivity index (χ1n) is 8.48. The predicted octanol–water partition coefficient (Wildman–Crippen LogP) is 1.70. The van der Waals surface area contributed by atoms with Gasteiger partial charge in [0.25, 0.3) is 5.91 Å². The van der Waals surface area contributed by atoms with Crippen LogP contribution in [0.15, 0.2) is 30.6 Å². The molecule has 8 nitrogen and oxygen atoms in total. The molecule has 1 aliphatic heterocycles. The summed E-state index contributed by atoms with van der Waals surface area (Å²) >= 11 is 0. The number of pyridine rings is 1. The Kier molecular flexibility index (Phi) is 5.11. The van der Waals surface area contributed by atoms with Gasteiger partial charge in [-0.3, -0.25) is 14.5 Å². The Bertz CT molecular complexity index is 829. The van der Waals surface area contributed by atoms with E-state index < -0.39 is 18.5 Å². The fourth-order valence-electron chi connectivity index (χ4n) is 2.93. The van der Waals surface area contributed by atoms with Crippen molar-refractivity contribution in [3.05, 3.63) is 41.9 Å². The molecule has 1 aliphatic rings. The number of imide groups is 1. The maximum absolute atomic E-state index is 12.5. The molecule has 0 bridgehead atoms. The molecule has 0 N–H and O–H groups in total. The second kappa shape index (κ2) is 7.47. The zero-order valence-electron chi connectivity index (χ0n) is 14.7. The maximum atomic E-state index is 12.5. The highest BCUT2D eigenvalue weighted by molar-refractivity contribution is 5.98. The second-order valence-corrected chi connectivity index (χ2v) is 6.32. The van der Waals surface area contributed by atoms with E-state index in [9.17, 15) is 14.4 Å². The fraction of sp³-hybridized carbons (Fsp3) is 0.389. The summed E-state index contributed by atoms with van der Waals surface area (Å²) in [5.41, 5.74) is 0.935. The number of esters is 1. The SMILES string of the molecule is CC(C)c1c(C(=O)OCC(=O)N2CCCC2=O)cnn1-c1ccccn1. The number of hydrogen-bond donors (Lipinski definition) is 0. The van der Waals surface area contributed by atoms with Crippen LogP contribution in [-0.2, 0) is 14.3 Å².